The Hall–Kier alpha value is -2.72. The third-order valence-corrected chi connectivity index (χ3v) is 10.2. The lowest BCUT2D eigenvalue weighted by molar-refractivity contribution is -0.123. The number of hydrogen-bond acceptors (Lipinski definition) is 6. The zero-order valence-corrected chi connectivity index (χ0v) is 22.4. The fourth-order valence-electron chi connectivity index (χ4n) is 4.44. The summed E-state index contributed by atoms with van der Waals surface area (Å²) in [6, 6.07) is 24.7. The Morgan fingerprint density at radius 2 is 1.67 bits per heavy atom. The van der Waals surface area contributed by atoms with Crippen LogP contribution in [0, 0.1) is 5.92 Å². The summed E-state index contributed by atoms with van der Waals surface area (Å²) in [4.78, 5) is 21.6. The molecule has 186 valence electrons. The fraction of sp³-hybridized carbons (Fsp3) is 0.259. The smallest absolute Gasteiger partial charge is 0.243 e. The summed E-state index contributed by atoms with van der Waals surface area (Å²) in [7, 11) is -3.59. The number of hydrogen-bond donors (Lipinski definition) is 0. The highest BCUT2D eigenvalue weighted by Gasteiger charge is 2.35. The number of nitrogens with zero attached hydrogens (tertiary/aromatic N) is 3. The van der Waals surface area contributed by atoms with Crippen molar-refractivity contribution in [3.63, 3.8) is 0 Å². The van der Waals surface area contributed by atoms with Crippen LogP contribution >= 0.6 is 23.1 Å². The minimum absolute atomic E-state index is 0.000666. The van der Waals surface area contributed by atoms with Crippen molar-refractivity contribution in [3.8, 4) is 0 Å². The Morgan fingerprint density at radius 1 is 1.00 bits per heavy atom. The minimum atomic E-state index is -3.59. The number of fused-ring (bicyclic) bond motifs is 1. The number of piperidine rings is 1. The number of para-hydroxylation sites is 1. The van der Waals surface area contributed by atoms with E-state index in [0.717, 1.165) is 20.7 Å². The summed E-state index contributed by atoms with van der Waals surface area (Å²) in [5.74, 6) is -0.259. The zero-order valence-electron chi connectivity index (χ0n) is 19.9. The SMILES string of the molecule is CSc1ccc(S(=O)(=O)N2CCC(C(=O)N(Cc3ccccc3)c3nc4ccccc4s3)CC2)cc1. The topological polar surface area (TPSA) is 70.6 Å². The first-order chi connectivity index (χ1) is 17.5. The monoisotopic (exact) mass is 537 g/mol. The molecule has 1 fully saturated rings. The van der Waals surface area contributed by atoms with Gasteiger partial charge in [-0.05, 0) is 61.1 Å². The molecule has 9 heteroatoms. The van der Waals surface area contributed by atoms with Crippen LogP contribution in [0.4, 0.5) is 5.13 Å². The molecule has 4 aromatic rings. The number of sulfonamides is 1. The molecule has 0 spiro atoms. The van der Waals surface area contributed by atoms with Crippen molar-refractivity contribution in [1.29, 1.82) is 0 Å². The highest BCUT2D eigenvalue weighted by Crippen LogP contribution is 2.33. The van der Waals surface area contributed by atoms with Crippen LogP contribution in [0.3, 0.4) is 0 Å². The summed E-state index contributed by atoms with van der Waals surface area (Å²) in [5, 5.41) is 0.675. The molecule has 1 saturated heterocycles. The van der Waals surface area contributed by atoms with Crippen molar-refractivity contribution in [1.82, 2.24) is 9.29 Å². The molecule has 0 bridgehead atoms. The average Bonchev–Trinajstić information content (AvgIpc) is 3.36. The molecule has 1 aliphatic rings. The van der Waals surface area contributed by atoms with Crippen LogP contribution in [0.25, 0.3) is 10.2 Å². The van der Waals surface area contributed by atoms with E-state index in [1.807, 2.05) is 73.0 Å². The van der Waals surface area contributed by atoms with E-state index >= 15 is 0 Å². The van der Waals surface area contributed by atoms with E-state index in [1.54, 1.807) is 28.8 Å². The second-order valence-corrected chi connectivity index (χ2v) is 12.6. The lowest BCUT2D eigenvalue weighted by Crippen LogP contribution is -2.44. The number of anilines is 1. The number of amides is 1. The Kier molecular flexibility index (Phi) is 7.43. The van der Waals surface area contributed by atoms with Gasteiger partial charge in [-0.1, -0.05) is 53.8 Å². The highest BCUT2D eigenvalue weighted by molar-refractivity contribution is 7.98. The number of carbonyl (C=O) groups is 1. The molecule has 6 nitrogen and oxygen atoms in total. The van der Waals surface area contributed by atoms with Crippen LogP contribution in [-0.4, -0.2) is 43.0 Å². The van der Waals surface area contributed by atoms with Crippen LogP contribution in [0.1, 0.15) is 18.4 Å². The molecule has 0 aliphatic carbocycles. The first-order valence-electron chi connectivity index (χ1n) is 11.8. The quantitative estimate of drug-likeness (QED) is 0.285. The normalized spacial score (nSPS) is 15.2. The summed E-state index contributed by atoms with van der Waals surface area (Å²) < 4.78 is 28.9. The Balaban J connectivity index is 1.34. The third-order valence-electron chi connectivity index (χ3n) is 6.46. The van der Waals surface area contributed by atoms with Crippen molar-refractivity contribution in [2.45, 2.75) is 29.2 Å². The van der Waals surface area contributed by atoms with Crippen LogP contribution in [0.2, 0.25) is 0 Å². The van der Waals surface area contributed by atoms with Crippen molar-refractivity contribution >= 4 is 54.4 Å². The van der Waals surface area contributed by atoms with Crippen LogP contribution < -0.4 is 4.90 Å². The van der Waals surface area contributed by atoms with Gasteiger partial charge in [-0.3, -0.25) is 9.69 Å². The van der Waals surface area contributed by atoms with Gasteiger partial charge in [0.05, 0.1) is 21.7 Å². The van der Waals surface area contributed by atoms with Gasteiger partial charge in [0.1, 0.15) is 0 Å². The molecule has 0 radical (unpaired) electrons. The van der Waals surface area contributed by atoms with Crippen LogP contribution in [0.15, 0.2) is 88.7 Å². The van der Waals surface area contributed by atoms with Crippen LogP contribution in [-0.2, 0) is 21.4 Å². The first-order valence-corrected chi connectivity index (χ1v) is 15.3. The summed E-state index contributed by atoms with van der Waals surface area (Å²) in [6.45, 7) is 1.07. The second kappa shape index (κ2) is 10.7. The first kappa shape index (κ1) is 25.0. The van der Waals surface area contributed by atoms with Crippen molar-refractivity contribution < 1.29 is 13.2 Å². The van der Waals surface area contributed by atoms with Gasteiger partial charge in [0.15, 0.2) is 5.13 Å². The standard InChI is InChI=1S/C27H27N3O3S3/c1-34-22-11-13-23(14-12-22)36(32,33)29-17-15-21(16-18-29)26(31)30(19-20-7-3-2-4-8-20)27-28-24-9-5-6-10-25(24)35-27/h2-14,21H,15-19H2,1H3. The summed E-state index contributed by atoms with van der Waals surface area (Å²) >= 11 is 3.08. The molecule has 0 N–H and O–H groups in total. The Labute approximate surface area is 220 Å². The van der Waals surface area contributed by atoms with E-state index in [0.29, 0.717) is 42.5 Å². The van der Waals surface area contributed by atoms with E-state index in [4.69, 9.17) is 4.98 Å². The predicted octanol–water partition coefficient (Wildman–Crippen LogP) is 5.65. The van der Waals surface area contributed by atoms with Gasteiger partial charge in [0, 0.05) is 23.9 Å². The molecule has 0 unspecified atom stereocenters. The zero-order chi connectivity index (χ0) is 25.1. The van der Waals surface area contributed by atoms with Gasteiger partial charge in [0.25, 0.3) is 0 Å². The molecule has 3 aromatic carbocycles. The number of aromatic nitrogens is 1. The molecule has 0 saturated carbocycles. The maximum absolute atomic E-state index is 13.8. The van der Waals surface area contributed by atoms with Gasteiger partial charge in [-0.2, -0.15) is 4.31 Å². The van der Waals surface area contributed by atoms with E-state index in [-0.39, 0.29) is 11.8 Å². The Morgan fingerprint density at radius 3 is 2.33 bits per heavy atom. The molecule has 0 atom stereocenters. The molecular weight excluding hydrogens is 511 g/mol. The van der Waals surface area contributed by atoms with E-state index in [9.17, 15) is 13.2 Å². The number of benzene rings is 3. The number of rotatable bonds is 7. The lowest BCUT2D eigenvalue weighted by atomic mass is 9.96. The van der Waals surface area contributed by atoms with Gasteiger partial charge in [-0.25, -0.2) is 13.4 Å². The van der Waals surface area contributed by atoms with E-state index in [2.05, 4.69) is 0 Å². The largest absolute Gasteiger partial charge is 0.283 e. The minimum Gasteiger partial charge on any atom is -0.283 e. The molecule has 5 rings (SSSR count). The third kappa shape index (κ3) is 5.20. The van der Waals surface area contributed by atoms with E-state index < -0.39 is 10.0 Å². The molecule has 36 heavy (non-hydrogen) atoms. The molecule has 1 aliphatic heterocycles. The highest BCUT2D eigenvalue weighted by atomic mass is 32.2. The van der Waals surface area contributed by atoms with Crippen molar-refractivity contribution in [3.05, 3.63) is 84.4 Å². The van der Waals surface area contributed by atoms with E-state index in [1.165, 1.54) is 15.6 Å². The Bertz CT molecular complexity index is 1410. The summed E-state index contributed by atoms with van der Waals surface area (Å²) in [6.07, 6.45) is 2.93. The summed E-state index contributed by atoms with van der Waals surface area (Å²) in [5.41, 5.74) is 1.90. The van der Waals surface area contributed by atoms with Crippen molar-refractivity contribution in [2.75, 3.05) is 24.2 Å². The fourth-order valence-corrected chi connectivity index (χ4v) is 7.29. The van der Waals surface area contributed by atoms with Gasteiger partial charge in [0.2, 0.25) is 15.9 Å². The molecule has 1 aromatic heterocycles. The van der Waals surface area contributed by atoms with Crippen LogP contribution in [0.5, 0.6) is 0 Å². The molecule has 2 heterocycles. The maximum atomic E-state index is 13.8. The molecule has 1 amide bonds. The average molecular weight is 538 g/mol. The lowest BCUT2D eigenvalue weighted by Gasteiger charge is -2.33. The van der Waals surface area contributed by atoms with Gasteiger partial charge in [-0.15, -0.1) is 11.8 Å². The second-order valence-electron chi connectivity index (χ2n) is 8.73. The molecular formula is C27H27N3O3S3. The number of thioether (sulfide) groups is 1. The van der Waals surface area contributed by atoms with Gasteiger partial charge >= 0.3 is 0 Å². The van der Waals surface area contributed by atoms with Crippen molar-refractivity contribution in [2.24, 2.45) is 5.92 Å². The van der Waals surface area contributed by atoms with Gasteiger partial charge < -0.3 is 0 Å². The maximum Gasteiger partial charge on any atom is 0.243 e. The number of thiazole rings is 1. The number of carbonyl (C=O) groups excluding carboxylic acids is 1. The predicted molar refractivity (Wildman–Crippen MR) is 147 cm³/mol.